The molecule has 1 aromatic rings. The van der Waals surface area contributed by atoms with Crippen molar-refractivity contribution in [1.82, 2.24) is 9.80 Å². The zero-order chi connectivity index (χ0) is 21.8. The molecule has 1 saturated carbocycles. The van der Waals surface area contributed by atoms with E-state index in [0.29, 0.717) is 24.1 Å². The van der Waals surface area contributed by atoms with Crippen LogP contribution in [0.5, 0.6) is 0 Å². The van der Waals surface area contributed by atoms with Gasteiger partial charge in [-0.05, 0) is 37.1 Å². The Bertz CT molecular complexity index is 840. The van der Waals surface area contributed by atoms with Gasteiger partial charge in [-0.15, -0.1) is 0 Å². The van der Waals surface area contributed by atoms with Crippen LogP contribution < -0.4 is 5.32 Å². The minimum absolute atomic E-state index is 0.160. The van der Waals surface area contributed by atoms with Gasteiger partial charge in [-0.3, -0.25) is 28.9 Å². The molecular formula is C21H25N3O6. The lowest BCUT2D eigenvalue weighted by Crippen LogP contribution is -2.37. The molecule has 2 fully saturated rings. The number of benzene rings is 1. The van der Waals surface area contributed by atoms with Gasteiger partial charge >= 0.3 is 5.97 Å². The molecule has 3 rings (SSSR count). The fraction of sp³-hybridized carbons (Fsp3) is 0.476. The lowest BCUT2D eigenvalue weighted by Gasteiger charge is -2.19. The first-order valence-electron chi connectivity index (χ1n) is 9.90. The average molecular weight is 415 g/mol. The Labute approximate surface area is 174 Å². The van der Waals surface area contributed by atoms with Crippen LogP contribution in [0.3, 0.4) is 0 Å². The van der Waals surface area contributed by atoms with Crippen molar-refractivity contribution in [3.8, 4) is 0 Å². The Kier molecular flexibility index (Phi) is 6.49. The number of esters is 1. The molecule has 9 nitrogen and oxygen atoms in total. The van der Waals surface area contributed by atoms with Crippen LogP contribution in [-0.2, 0) is 23.9 Å². The van der Waals surface area contributed by atoms with Crippen LogP contribution in [0, 0.1) is 11.8 Å². The van der Waals surface area contributed by atoms with Crippen molar-refractivity contribution in [2.45, 2.75) is 25.7 Å². The molecule has 1 aliphatic heterocycles. The SMILES string of the molecule is CN(C)C(=O)c1ccc(NC(=O)COC(=O)CN2C(=O)[C@H]3CCCC[C@@H]3C2=O)cc1. The van der Waals surface area contributed by atoms with Crippen molar-refractivity contribution in [3.63, 3.8) is 0 Å². The third-order valence-electron chi connectivity index (χ3n) is 5.41. The van der Waals surface area contributed by atoms with E-state index in [1.807, 2.05) is 0 Å². The van der Waals surface area contributed by atoms with E-state index in [9.17, 15) is 24.0 Å². The number of amides is 4. The summed E-state index contributed by atoms with van der Waals surface area (Å²) in [5, 5.41) is 2.56. The second-order valence-electron chi connectivity index (χ2n) is 7.75. The molecule has 2 aliphatic rings. The van der Waals surface area contributed by atoms with Gasteiger partial charge in [0.15, 0.2) is 6.61 Å². The maximum atomic E-state index is 12.4. The molecule has 1 heterocycles. The van der Waals surface area contributed by atoms with E-state index < -0.39 is 25.0 Å². The second kappa shape index (κ2) is 9.06. The Morgan fingerprint density at radius 2 is 1.60 bits per heavy atom. The molecule has 0 spiro atoms. The summed E-state index contributed by atoms with van der Waals surface area (Å²) in [5.41, 5.74) is 0.922. The monoisotopic (exact) mass is 415 g/mol. The number of anilines is 1. The van der Waals surface area contributed by atoms with Crippen LogP contribution in [0.15, 0.2) is 24.3 Å². The standard InChI is InChI=1S/C21H25N3O6/c1-23(2)19(27)13-7-9-14(10-8-13)22-17(25)12-30-18(26)11-24-20(28)15-5-3-4-6-16(15)21(24)29/h7-10,15-16H,3-6,11-12H2,1-2H3,(H,22,25)/t15-,16-/m0/s1. The number of nitrogens with one attached hydrogen (secondary N) is 1. The molecule has 0 unspecified atom stereocenters. The summed E-state index contributed by atoms with van der Waals surface area (Å²) in [7, 11) is 3.28. The first-order valence-corrected chi connectivity index (χ1v) is 9.90. The molecule has 1 aliphatic carbocycles. The number of likely N-dealkylation sites (tertiary alicyclic amines) is 1. The summed E-state index contributed by atoms with van der Waals surface area (Å²) < 4.78 is 4.92. The summed E-state index contributed by atoms with van der Waals surface area (Å²) in [4.78, 5) is 63.1. The quantitative estimate of drug-likeness (QED) is 0.549. The fourth-order valence-corrected chi connectivity index (χ4v) is 3.86. The van der Waals surface area contributed by atoms with Gasteiger partial charge in [-0.2, -0.15) is 0 Å². The number of nitrogens with zero attached hydrogens (tertiary/aromatic N) is 2. The van der Waals surface area contributed by atoms with Gasteiger partial charge in [0.05, 0.1) is 11.8 Å². The molecule has 4 amide bonds. The predicted molar refractivity (Wildman–Crippen MR) is 106 cm³/mol. The van der Waals surface area contributed by atoms with Crippen LogP contribution in [0.2, 0.25) is 0 Å². The Hall–Kier alpha value is -3.23. The highest BCUT2D eigenvalue weighted by molar-refractivity contribution is 6.07. The number of fused-ring (bicyclic) bond motifs is 1. The van der Waals surface area contributed by atoms with Crippen molar-refractivity contribution in [1.29, 1.82) is 0 Å². The van der Waals surface area contributed by atoms with Crippen molar-refractivity contribution in [3.05, 3.63) is 29.8 Å². The van der Waals surface area contributed by atoms with Crippen molar-refractivity contribution in [2.24, 2.45) is 11.8 Å². The highest BCUT2D eigenvalue weighted by Gasteiger charge is 2.48. The number of rotatable bonds is 6. The van der Waals surface area contributed by atoms with Crippen molar-refractivity contribution in [2.75, 3.05) is 32.6 Å². The Balaban J connectivity index is 1.47. The lowest BCUT2D eigenvalue weighted by molar-refractivity contribution is -0.154. The minimum Gasteiger partial charge on any atom is -0.454 e. The van der Waals surface area contributed by atoms with E-state index in [4.69, 9.17) is 4.74 Å². The summed E-state index contributed by atoms with van der Waals surface area (Å²) in [6, 6.07) is 6.29. The first-order chi connectivity index (χ1) is 14.3. The Morgan fingerprint density at radius 3 is 2.13 bits per heavy atom. The van der Waals surface area contributed by atoms with Gasteiger partial charge < -0.3 is 15.0 Å². The van der Waals surface area contributed by atoms with E-state index in [1.54, 1.807) is 38.4 Å². The number of ether oxygens (including phenoxy) is 1. The molecule has 0 radical (unpaired) electrons. The predicted octanol–water partition coefficient (Wildman–Crippen LogP) is 1.05. The maximum absolute atomic E-state index is 12.4. The zero-order valence-electron chi connectivity index (χ0n) is 17.1. The zero-order valence-corrected chi connectivity index (χ0v) is 17.1. The number of carbonyl (C=O) groups excluding carboxylic acids is 5. The van der Waals surface area contributed by atoms with Crippen LogP contribution in [-0.4, -0.2) is 66.6 Å². The molecule has 9 heteroatoms. The molecule has 1 aromatic carbocycles. The highest BCUT2D eigenvalue weighted by Crippen LogP contribution is 2.37. The van der Waals surface area contributed by atoms with Gasteiger partial charge in [0, 0.05) is 25.3 Å². The van der Waals surface area contributed by atoms with E-state index >= 15 is 0 Å². The molecule has 30 heavy (non-hydrogen) atoms. The molecular weight excluding hydrogens is 390 g/mol. The second-order valence-corrected chi connectivity index (χ2v) is 7.75. The smallest absolute Gasteiger partial charge is 0.326 e. The summed E-state index contributed by atoms with van der Waals surface area (Å²) in [6.07, 6.45) is 3.15. The van der Waals surface area contributed by atoms with Crippen LogP contribution in [0.4, 0.5) is 5.69 Å². The third kappa shape index (κ3) is 4.67. The van der Waals surface area contributed by atoms with E-state index in [1.165, 1.54) is 4.90 Å². The molecule has 160 valence electrons. The van der Waals surface area contributed by atoms with E-state index in [0.717, 1.165) is 17.7 Å². The largest absolute Gasteiger partial charge is 0.454 e. The summed E-state index contributed by atoms with van der Waals surface area (Å²) in [6.45, 7) is -1.01. The van der Waals surface area contributed by atoms with E-state index in [2.05, 4.69) is 5.32 Å². The third-order valence-corrected chi connectivity index (χ3v) is 5.41. The fourth-order valence-electron chi connectivity index (χ4n) is 3.86. The van der Waals surface area contributed by atoms with Crippen molar-refractivity contribution >= 4 is 35.3 Å². The van der Waals surface area contributed by atoms with Gasteiger partial charge in [-0.25, -0.2) is 0 Å². The van der Waals surface area contributed by atoms with Gasteiger partial charge in [-0.1, -0.05) is 12.8 Å². The lowest BCUT2D eigenvalue weighted by atomic mass is 9.81. The first kappa shape index (κ1) is 21.5. The number of hydrogen-bond acceptors (Lipinski definition) is 6. The van der Waals surface area contributed by atoms with Crippen LogP contribution in [0.25, 0.3) is 0 Å². The maximum Gasteiger partial charge on any atom is 0.326 e. The molecule has 0 bridgehead atoms. The molecule has 1 saturated heterocycles. The van der Waals surface area contributed by atoms with Gasteiger partial charge in [0.2, 0.25) is 11.8 Å². The van der Waals surface area contributed by atoms with Gasteiger partial charge in [0.1, 0.15) is 6.54 Å². The van der Waals surface area contributed by atoms with Crippen molar-refractivity contribution < 1.29 is 28.7 Å². The highest BCUT2D eigenvalue weighted by atomic mass is 16.5. The topological polar surface area (TPSA) is 113 Å². The number of carbonyl (C=O) groups is 5. The molecule has 2 atom stereocenters. The van der Waals surface area contributed by atoms with E-state index in [-0.39, 0.29) is 29.6 Å². The Morgan fingerprint density at radius 1 is 1.03 bits per heavy atom. The van der Waals surface area contributed by atoms with Crippen LogP contribution in [0.1, 0.15) is 36.0 Å². The minimum atomic E-state index is -0.808. The molecule has 0 aromatic heterocycles. The summed E-state index contributed by atoms with van der Waals surface area (Å²) in [5.74, 6) is -2.83. The number of hydrogen-bond donors (Lipinski definition) is 1. The normalized spacial score (nSPS) is 20.5. The summed E-state index contributed by atoms with van der Waals surface area (Å²) >= 11 is 0. The average Bonchev–Trinajstić information content (AvgIpc) is 2.97. The van der Waals surface area contributed by atoms with Gasteiger partial charge in [0.25, 0.3) is 11.8 Å². The number of imide groups is 1. The van der Waals surface area contributed by atoms with Crippen LogP contribution >= 0.6 is 0 Å². The molecule has 1 N–H and O–H groups in total.